The van der Waals surface area contributed by atoms with E-state index in [0.717, 1.165) is 17.7 Å². The Balaban J connectivity index is 1.82. The molecule has 0 aromatic rings. The van der Waals surface area contributed by atoms with Crippen molar-refractivity contribution in [2.75, 3.05) is 6.54 Å². The zero-order valence-corrected chi connectivity index (χ0v) is 10.1. The van der Waals surface area contributed by atoms with Crippen molar-refractivity contribution >= 4 is 11.8 Å². The van der Waals surface area contributed by atoms with Crippen LogP contribution in [0.1, 0.15) is 51.9 Å². The maximum Gasteiger partial charge on any atom is 0.0290 e. The maximum absolute atomic E-state index is 5.93. The lowest BCUT2D eigenvalue weighted by molar-refractivity contribution is 0.255. The monoisotopic (exact) mass is 213 g/mol. The van der Waals surface area contributed by atoms with Gasteiger partial charge in [0.25, 0.3) is 0 Å². The van der Waals surface area contributed by atoms with Crippen LogP contribution >= 0.6 is 11.8 Å². The van der Waals surface area contributed by atoms with Crippen molar-refractivity contribution in [2.24, 2.45) is 11.7 Å². The maximum atomic E-state index is 5.93. The first-order valence-corrected chi connectivity index (χ1v) is 7.00. The van der Waals surface area contributed by atoms with Gasteiger partial charge in [-0.1, -0.05) is 26.2 Å². The molecule has 0 atom stereocenters. The lowest BCUT2D eigenvalue weighted by atomic mass is 9.75. The minimum Gasteiger partial charge on any atom is -0.329 e. The molecule has 0 bridgehead atoms. The van der Waals surface area contributed by atoms with E-state index in [1.165, 1.54) is 44.9 Å². The van der Waals surface area contributed by atoms with Gasteiger partial charge in [0.1, 0.15) is 0 Å². The summed E-state index contributed by atoms with van der Waals surface area (Å²) >= 11 is 2.23. The number of thioether (sulfide) groups is 1. The number of nitrogens with two attached hydrogens (primary N) is 1. The summed E-state index contributed by atoms with van der Waals surface area (Å²) in [5.41, 5.74) is 5.93. The second-order valence-electron chi connectivity index (χ2n) is 5.28. The average Bonchev–Trinajstić information content (AvgIpc) is 2.16. The molecule has 2 N–H and O–H groups in total. The van der Waals surface area contributed by atoms with Crippen LogP contribution in [0.5, 0.6) is 0 Å². The number of hydrogen-bond donors (Lipinski definition) is 1. The highest BCUT2D eigenvalue weighted by Crippen LogP contribution is 2.50. The molecule has 2 aliphatic rings. The molecule has 1 nitrogen and oxygen atoms in total. The highest BCUT2D eigenvalue weighted by Gasteiger charge is 2.42. The van der Waals surface area contributed by atoms with Crippen LogP contribution in [0.25, 0.3) is 0 Å². The largest absolute Gasteiger partial charge is 0.329 e. The molecule has 0 radical (unpaired) electrons. The third kappa shape index (κ3) is 2.27. The fraction of sp³-hybridized carbons (Fsp3) is 1.00. The van der Waals surface area contributed by atoms with Crippen LogP contribution in [0.15, 0.2) is 0 Å². The Morgan fingerprint density at radius 3 is 2.36 bits per heavy atom. The van der Waals surface area contributed by atoms with Gasteiger partial charge >= 0.3 is 0 Å². The Morgan fingerprint density at radius 1 is 1.21 bits per heavy atom. The van der Waals surface area contributed by atoms with Gasteiger partial charge in [0.2, 0.25) is 0 Å². The van der Waals surface area contributed by atoms with Crippen molar-refractivity contribution in [3.8, 4) is 0 Å². The van der Waals surface area contributed by atoms with Crippen molar-refractivity contribution in [3.63, 3.8) is 0 Å². The van der Waals surface area contributed by atoms with Crippen molar-refractivity contribution < 1.29 is 0 Å². The van der Waals surface area contributed by atoms with E-state index in [4.69, 9.17) is 5.73 Å². The summed E-state index contributed by atoms with van der Waals surface area (Å²) in [6.45, 7) is 3.26. The van der Waals surface area contributed by atoms with Crippen molar-refractivity contribution in [2.45, 2.75) is 61.9 Å². The zero-order chi connectivity index (χ0) is 10.0. The Hall–Kier alpha value is 0.310. The third-order valence-corrected chi connectivity index (χ3v) is 5.59. The van der Waals surface area contributed by atoms with Crippen LogP contribution in [0.3, 0.4) is 0 Å². The van der Waals surface area contributed by atoms with E-state index in [1.54, 1.807) is 0 Å². The second-order valence-corrected chi connectivity index (χ2v) is 7.05. The fourth-order valence-corrected chi connectivity index (χ4v) is 5.19. The van der Waals surface area contributed by atoms with E-state index in [0.29, 0.717) is 4.75 Å². The van der Waals surface area contributed by atoms with Crippen LogP contribution in [0.2, 0.25) is 0 Å². The Labute approximate surface area is 92.2 Å². The van der Waals surface area contributed by atoms with Gasteiger partial charge in [0.05, 0.1) is 0 Å². The standard InChI is InChI=1S/C12H23NS/c1-10-7-12(8-10,9-13)14-11-5-3-2-4-6-11/h10-11H,2-9,13H2,1H3. The fourth-order valence-electron chi connectivity index (χ4n) is 3.06. The van der Waals surface area contributed by atoms with Crippen LogP contribution in [0.4, 0.5) is 0 Å². The molecule has 82 valence electrons. The van der Waals surface area contributed by atoms with Gasteiger partial charge in [0.15, 0.2) is 0 Å². The molecule has 2 rings (SSSR count). The molecule has 2 heteroatoms. The van der Waals surface area contributed by atoms with Crippen LogP contribution < -0.4 is 5.73 Å². The quantitative estimate of drug-likeness (QED) is 0.779. The highest BCUT2D eigenvalue weighted by atomic mass is 32.2. The summed E-state index contributed by atoms with van der Waals surface area (Å²) in [7, 11) is 0. The van der Waals surface area contributed by atoms with E-state index in [2.05, 4.69) is 18.7 Å². The summed E-state index contributed by atoms with van der Waals surface area (Å²) in [6, 6.07) is 0. The lowest BCUT2D eigenvalue weighted by Crippen LogP contribution is -2.47. The zero-order valence-electron chi connectivity index (χ0n) is 9.30. The van der Waals surface area contributed by atoms with Gasteiger partial charge in [-0.15, -0.1) is 0 Å². The van der Waals surface area contributed by atoms with Crippen molar-refractivity contribution in [1.82, 2.24) is 0 Å². The molecule has 0 saturated heterocycles. The molecule has 0 aromatic carbocycles. The normalized spacial score (nSPS) is 39.4. The van der Waals surface area contributed by atoms with Crippen LogP contribution in [-0.2, 0) is 0 Å². The minimum atomic E-state index is 0.488. The molecule has 0 spiro atoms. The lowest BCUT2D eigenvalue weighted by Gasteiger charge is -2.47. The first kappa shape index (κ1) is 10.8. The van der Waals surface area contributed by atoms with E-state index in [1.807, 2.05) is 0 Å². The molecular weight excluding hydrogens is 190 g/mol. The predicted octanol–water partition coefficient (Wildman–Crippen LogP) is 3.18. The van der Waals surface area contributed by atoms with Crippen molar-refractivity contribution in [1.29, 1.82) is 0 Å². The van der Waals surface area contributed by atoms with Crippen molar-refractivity contribution in [3.05, 3.63) is 0 Å². The average molecular weight is 213 g/mol. The topological polar surface area (TPSA) is 26.0 Å². The molecule has 2 aliphatic carbocycles. The summed E-state index contributed by atoms with van der Waals surface area (Å²) in [5, 5.41) is 0.930. The molecular formula is C12H23NS. The first-order valence-electron chi connectivity index (χ1n) is 6.12. The molecule has 0 aromatic heterocycles. The van der Waals surface area contributed by atoms with E-state index in [-0.39, 0.29) is 0 Å². The van der Waals surface area contributed by atoms with E-state index < -0.39 is 0 Å². The number of rotatable bonds is 3. The van der Waals surface area contributed by atoms with Gasteiger partial charge < -0.3 is 5.73 Å². The predicted molar refractivity (Wildman–Crippen MR) is 64.6 cm³/mol. The Morgan fingerprint density at radius 2 is 1.86 bits per heavy atom. The second kappa shape index (κ2) is 4.44. The SMILES string of the molecule is CC1CC(CN)(SC2CCCCC2)C1. The minimum absolute atomic E-state index is 0.488. The summed E-state index contributed by atoms with van der Waals surface area (Å²) in [4.78, 5) is 0. The third-order valence-electron chi connectivity index (χ3n) is 3.78. The van der Waals surface area contributed by atoms with Gasteiger partial charge in [-0.3, -0.25) is 0 Å². The molecule has 0 heterocycles. The highest BCUT2D eigenvalue weighted by molar-refractivity contribution is 8.01. The molecule has 0 unspecified atom stereocenters. The smallest absolute Gasteiger partial charge is 0.0290 e. The van der Waals surface area contributed by atoms with E-state index in [9.17, 15) is 0 Å². The van der Waals surface area contributed by atoms with Crippen LogP contribution in [-0.4, -0.2) is 16.5 Å². The molecule has 0 amide bonds. The van der Waals surface area contributed by atoms with Gasteiger partial charge in [-0.05, 0) is 31.6 Å². The summed E-state index contributed by atoms with van der Waals surface area (Å²) < 4.78 is 0.488. The first-order chi connectivity index (χ1) is 6.74. The molecule has 2 fully saturated rings. The summed E-state index contributed by atoms with van der Waals surface area (Å²) in [5.74, 6) is 0.926. The molecule has 14 heavy (non-hydrogen) atoms. The van der Waals surface area contributed by atoms with Gasteiger partial charge in [-0.25, -0.2) is 0 Å². The van der Waals surface area contributed by atoms with Gasteiger partial charge in [0, 0.05) is 16.5 Å². The Kier molecular flexibility index (Phi) is 3.43. The van der Waals surface area contributed by atoms with Crippen LogP contribution in [0, 0.1) is 5.92 Å². The summed E-state index contributed by atoms with van der Waals surface area (Å²) in [6.07, 6.45) is 9.99. The number of hydrogen-bond acceptors (Lipinski definition) is 2. The Bertz CT molecular complexity index is 181. The van der Waals surface area contributed by atoms with Gasteiger partial charge in [-0.2, -0.15) is 11.8 Å². The molecule has 2 saturated carbocycles. The molecule has 0 aliphatic heterocycles. The van der Waals surface area contributed by atoms with E-state index >= 15 is 0 Å².